The summed E-state index contributed by atoms with van der Waals surface area (Å²) in [5.74, 6) is -0.150. The molecule has 0 aliphatic rings. The molecule has 0 bridgehead atoms. The predicted octanol–water partition coefficient (Wildman–Crippen LogP) is 3.50. The minimum Gasteiger partial charge on any atom is -0.323 e. The van der Waals surface area contributed by atoms with Crippen molar-refractivity contribution in [3.8, 4) is 0 Å². The smallest absolute Gasteiger partial charge is 0.238 e. The number of alkyl halides is 1. The third-order valence-corrected chi connectivity index (χ3v) is 3.30. The van der Waals surface area contributed by atoms with Crippen LogP contribution in [0.2, 0.25) is 10.2 Å². The molecule has 1 rings (SSSR count). The summed E-state index contributed by atoms with van der Waals surface area (Å²) >= 11 is 14.7. The summed E-state index contributed by atoms with van der Waals surface area (Å²) in [4.78, 5) is 15.1. The van der Waals surface area contributed by atoms with Gasteiger partial charge < -0.3 is 5.32 Å². The normalized spacial score (nSPS) is 12.3. The molecular formula is C9H9BrCl2N2O. The number of nitrogens with one attached hydrogen (secondary N) is 1. The second-order valence-electron chi connectivity index (χ2n) is 2.85. The number of amides is 1. The topological polar surface area (TPSA) is 42.0 Å². The van der Waals surface area contributed by atoms with E-state index in [1.165, 1.54) is 12.3 Å². The zero-order valence-electron chi connectivity index (χ0n) is 7.93. The Bertz CT molecular complexity index is 373. The third-order valence-electron chi connectivity index (χ3n) is 1.72. The Morgan fingerprint density at radius 2 is 2.33 bits per heavy atom. The first-order valence-electron chi connectivity index (χ1n) is 4.30. The highest BCUT2D eigenvalue weighted by Crippen LogP contribution is 2.23. The van der Waals surface area contributed by atoms with E-state index in [1.54, 1.807) is 0 Å². The van der Waals surface area contributed by atoms with Crippen LogP contribution < -0.4 is 5.32 Å². The lowest BCUT2D eigenvalue weighted by Gasteiger charge is -2.09. The van der Waals surface area contributed by atoms with Gasteiger partial charge in [0, 0.05) is 0 Å². The Hall–Kier alpha value is -0.320. The highest BCUT2D eigenvalue weighted by atomic mass is 79.9. The molecule has 0 saturated heterocycles. The van der Waals surface area contributed by atoms with Crippen LogP contribution in [0.4, 0.5) is 5.69 Å². The first-order chi connectivity index (χ1) is 7.04. The molecule has 0 fully saturated rings. The van der Waals surface area contributed by atoms with Gasteiger partial charge in [-0.25, -0.2) is 4.98 Å². The molecule has 0 saturated carbocycles. The number of carbonyl (C=O) groups is 1. The van der Waals surface area contributed by atoms with Crippen LogP contribution in [-0.2, 0) is 4.79 Å². The van der Waals surface area contributed by atoms with Crippen molar-refractivity contribution in [3.63, 3.8) is 0 Å². The molecule has 1 aromatic rings. The molecule has 3 nitrogen and oxygen atoms in total. The van der Waals surface area contributed by atoms with Gasteiger partial charge in [-0.2, -0.15) is 0 Å². The Morgan fingerprint density at radius 3 is 2.87 bits per heavy atom. The minimum atomic E-state index is -0.232. The van der Waals surface area contributed by atoms with Crippen molar-refractivity contribution in [2.45, 2.75) is 18.2 Å². The van der Waals surface area contributed by atoms with Crippen molar-refractivity contribution < 1.29 is 4.79 Å². The molecule has 1 N–H and O–H groups in total. The number of hydrogen-bond donors (Lipinski definition) is 1. The number of rotatable bonds is 3. The number of anilines is 1. The van der Waals surface area contributed by atoms with E-state index in [1.807, 2.05) is 6.92 Å². The zero-order chi connectivity index (χ0) is 11.4. The first kappa shape index (κ1) is 12.7. The lowest BCUT2D eigenvalue weighted by atomic mass is 10.3. The maximum atomic E-state index is 11.5. The van der Waals surface area contributed by atoms with Crippen molar-refractivity contribution in [1.82, 2.24) is 4.98 Å². The number of nitrogens with zero attached hydrogens (tertiary/aromatic N) is 1. The molecule has 1 heterocycles. The summed E-state index contributed by atoms with van der Waals surface area (Å²) in [5, 5.41) is 3.32. The fourth-order valence-corrected chi connectivity index (χ4v) is 1.42. The molecule has 1 amide bonds. The van der Waals surface area contributed by atoms with Gasteiger partial charge in [-0.1, -0.05) is 46.1 Å². The summed E-state index contributed by atoms with van der Waals surface area (Å²) < 4.78 is 0. The molecule has 0 aromatic carbocycles. The molecule has 0 aliphatic carbocycles. The molecular weight excluding hydrogens is 303 g/mol. The van der Waals surface area contributed by atoms with Gasteiger partial charge in [-0.15, -0.1) is 0 Å². The van der Waals surface area contributed by atoms with Crippen LogP contribution in [0, 0.1) is 0 Å². The number of aromatic nitrogens is 1. The van der Waals surface area contributed by atoms with Crippen LogP contribution in [0.1, 0.15) is 13.3 Å². The number of carbonyl (C=O) groups excluding carboxylic acids is 1. The van der Waals surface area contributed by atoms with E-state index in [0.717, 1.165) is 0 Å². The summed E-state index contributed by atoms with van der Waals surface area (Å²) in [6.45, 7) is 1.90. The van der Waals surface area contributed by atoms with E-state index < -0.39 is 0 Å². The van der Waals surface area contributed by atoms with Crippen molar-refractivity contribution in [1.29, 1.82) is 0 Å². The van der Waals surface area contributed by atoms with Gasteiger partial charge in [-0.3, -0.25) is 4.79 Å². The molecule has 1 unspecified atom stereocenters. The quantitative estimate of drug-likeness (QED) is 0.685. The van der Waals surface area contributed by atoms with Gasteiger partial charge in [0.15, 0.2) is 0 Å². The molecule has 0 aliphatic heterocycles. The monoisotopic (exact) mass is 310 g/mol. The van der Waals surface area contributed by atoms with Crippen LogP contribution in [0.25, 0.3) is 0 Å². The second-order valence-corrected chi connectivity index (χ2v) is 4.75. The molecule has 1 aromatic heterocycles. The van der Waals surface area contributed by atoms with Crippen molar-refractivity contribution >= 4 is 50.7 Å². The van der Waals surface area contributed by atoms with Gasteiger partial charge >= 0.3 is 0 Å². The summed E-state index contributed by atoms with van der Waals surface area (Å²) in [7, 11) is 0. The van der Waals surface area contributed by atoms with Crippen LogP contribution in [0.3, 0.4) is 0 Å². The van der Waals surface area contributed by atoms with E-state index in [2.05, 4.69) is 26.2 Å². The zero-order valence-corrected chi connectivity index (χ0v) is 11.0. The summed E-state index contributed by atoms with van der Waals surface area (Å²) in [6, 6.07) is 1.48. The Balaban J connectivity index is 2.77. The van der Waals surface area contributed by atoms with Crippen molar-refractivity contribution in [3.05, 3.63) is 22.4 Å². The Kier molecular flexibility index (Phi) is 4.83. The SMILES string of the molecule is CCC(Br)C(=O)Nc1cnc(Cl)cc1Cl. The molecule has 0 spiro atoms. The van der Waals surface area contributed by atoms with Gasteiger partial charge in [0.2, 0.25) is 5.91 Å². The largest absolute Gasteiger partial charge is 0.323 e. The molecule has 1 atom stereocenters. The van der Waals surface area contributed by atoms with Crippen molar-refractivity contribution in [2.24, 2.45) is 0 Å². The Morgan fingerprint density at radius 1 is 1.67 bits per heavy atom. The highest BCUT2D eigenvalue weighted by molar-refractivity contribution is 9.10. The third kappa shape index (κ3) is 3.63. The molecule has 15 heavy (non-hydrogen) atoms. The minimum absolute atomic E-state index is 0.150. The van der Waals surface area contributed by atoms with Gasteiger partial charge in [0.05, 0.1) is 21.7 Å². The maximum absolute atomic E-state index is 11.5. The summed E-state index contributed by atoms with van der Waals surface area (Å²) in [6.07, 6.45) is 2.13. The number of halogens is 3. The molecule has 82 valence electrons. The van der Waals surface area contributed by atoms with E-state index in [9.17, 15) is 4.79 Å². The fraction of sp³-hybridized carbons (Fsp3) is 0.333. The second kappa shape index (κ2) is 5.68. The van der Waals surface area contributed by atoms with Gasteiger partial charge in [0.25, 0.3) is 0 Å². The van der Waals surface area contributed by atoms with E-state index in [4.69, 9.17) is 23.2 Å². The standard InChI is InChI=1S/C9H9BrCl2N2O/c1-2-5(10)9(15)14-7-4-13-8(12)3-6(7)11/h3-5H,2H2,1H3,(H,14,15). The van der Waals surface area contributed by atoms with Crippen LogP contribution in [0.5, 0.6) is 0 Å². The van der Waals surface area contributed by atoms with E-state index in [-0.39, 0.29) is 10.7 Å². The van der Waals surface area contributed by atoms with Crippen LogP contribution in [0.15, 0.2) is 12.3 Å². The summed E-state index contributed by atoms with van der Waals surface area (Å²) in [5.41, 5.74) is 0.462. The molecule has 0 radical (unpaired) electrons. The van der Waals surface area contributed by atoms with Crippen LogP contribution in [-0.4, -0.2) is 15.7 Å². The predicted molar refractivity (Wildman–Crippen MR) is 65.9 cm³/mol. The van der Waals surface area contributed by atoms with Gasteiger partial charge in [-0.05, 0) is 12.5 Å². The lowest BCUT2D eigenvalue weighted by molar-refractivity contribution is -0.115. The average Bonchev–Trinajstić information content (AvgIpc) is 2.20. The Labute approximate surface area is 106 Å². The number of hydrogen-bond acceptors (Lipinski definition) is 2. The van der Waals surface area contributed by atoms with E-state index in [0.29, 0.717) is 22.3 Å². The van der Waals surface area contributed by atoms with Crippen molar-refractivity contribution in [2.75, 3.05) is 5.32 Å². The lowest BCUT2D eigenvalue weighted by Crippen LogP contribution is -2.22. The molecule has 6 heteroatoms. The van der Waals surface area contributed by atoms with Crippen LogP contribution >= 0.6 is 39.1 Å². The van der Waals surface area contributed by atoms with E-state index >= 15 is 0 Å². The fourth-order valence-electron chi connectivity index (χ4n) is 0.896. The maximum Gasteiger partial charge on any atom is 0.238 e. The highest BCUT2D eigenvalue weighted by Gasteiger charge is 2.14. The number of pyridine rings is 1. The first-order valence-corrected chi connectivity index (χ1v) is 5.97. The average molecular weight is 312 g/mol. The van der Waals surface area contributed by atoms with Gasteiger partial charge in [0.1, 0.15) is 5.15 Å².